The van der Waals surface area contributed by atoms with Crippen molar-refractivity contribution in [1.82, 2.24) is 10.3 Å². The van der Waals surface area contributed by atoms with Gasteiger partial charge in [-0.25, -0.2) is 4.98 Å². The number of aromatic nitrogens is 1. The first kappa shape index (κ1) is 16.9. The maximum Gasteiger partial charge on any atom is 0.295 e. The van der Waals surface area contributed by atoms with Crippen LogP contribution in [0.2, 0.25) is 0 Å². The van der Waals surface area contributed by atoms with E-state index >= 15 is 0 Å². The van der Waals surface area contributed by atoms with Gasteiger partial charge >= 0.3 is 0 Å². The van der Waals surface area contributed by atoms with E-state index in [4.69, 9.17) is 4.42 Å². The summed E-state index contributed by atoms with van der Waals surface area (Å²) in [7, 11) is -3.81. The molecule has 0 spiro atoms. The van der Waals surface area contributed by atoms with Crippen LogP contribution in [0.15, 0.2) is 52.1 Å². The average Bonchev–Trinajstić information content (AvgIpc) is 3.09. The van der Waals surface area contributed by atoms with Gasteiger partial charge in [-0.15, -0.1) is 0 Å². The molecule has 0 amide bonds. The molecule has 0 atom stereocenters. The minimum absolute atomic E-state index is 0.113. The molecule has 1 aliphatic heterocycles. The Labute approximate surface area is 152 Å². The van der Waals surface area contributed by atoms with Crippen molar-refractivity contribution in [3.63, 3.8) is 0 Å². The lowest BCUT2D eigenvalue weighted by atomic mass is 10.2. The molecule has 26 heavy (non-hydrogen) atoms. The summed E-state index contributed by atoms with van der Waals surface area (Å²) < 4.78 is 33.6. The number of furan rings is 1. The third kappa shape index (κ3) is 3.25. The maximum atomic E-state index is 12.7. The van der Waals surface area contributed by atoms with E-state index < -0.39 is 10.0 Å². The highest BCUT2D eigenvalue weighted by Crippen LogP contribution is 2.30. The summed E-state index contributed by atoms with van der Waals surface area (Å²) in [6.07, 6.45) is 1.65. The number of sulfonamides is 1. The molecule has 2 aromatic heterocycles. The van der Waals surface area contributed by atoms with Crippen molar-refractivity contribution in [2.24, 2.45) is 0 Å². The fraction of sp³-hybridized carbons (Fsp3) is 0.278. The summed E-state index contributed by atoms with van der Waals surface area (Å²) in [6, 6.07) is 10.4. The largest absolute Gasteiger partial charge is 0.443 e. The van der Waals surface area contributed by atoms with Crippen LogP contribution in [0, 0.1) is 6.92 Å². The van der Waals surface area contributed by atoms with E-state index in [1.807, 2.05) is 19.1 Å². The van der Waals surface area contributed by atoms with Gasteiger partial charge in [-0.2, -0.15) is 8.42 Å². The first-order valence-electron chi connectivity index (χ1n) is 8.47. The SMILES string of the molecule is Cc1ccc(NS(=O)(=O)c2cc3c(N4CCNCC4)nccc3o2)cc1. The van der Waals surface area contributed by atoms with Gasteiger partial charge in [0.2, 0.25) is 5.09 Å². The van der Waals surface area contributed by atoms with Crippen LogP contribution in [-0.2, 0) is 10.0 Å². The van der Waals surface area contributed by atoms with Crippen molar-refractivity contribution in [3.8, 4) is 0 Å². The molecule has 1 saturated heterocycles. The number of benzene rings is 1. The summed E-state index contributed by atoms with van der Waals surface area (Å²) >= 11 is 0. The van der Waals surface area contributed by atoms with Crippen LogP contribution in [0.1, 0.15) is 5.56 Å². The topological polar surface area (TPSA) is 87.5 Å². The molecule has 1 aliphatic rings. The lowest BCUT2D eigenvalue weighted by Crippen LogP contribution is -2.43. The first-order chi connectivity index (χ1) is 12.5. The van der Waals surface area contributed by atoms with E-state index in [0.29, 0.717) is 16.7 Å². The fourth-order valence-corrected chi connectivity index (χ4v) is 4.03. The molecule has 2 N–H and O–H groups in total. The molecular weight excluding hydrogens is 352 g/mol. The second kappa shape index (κ2) is 6.62. The van der Waals surface area contributed by atoms with E-state index in [2.05, 4.69) is 19.9 Å². The summed E-state index contributed by atoms with van der Waals surface area (Å²) in [6.45, 7) is 5.33. The molecule has 0 saturated carbocycles. The van der Waals surface area contributed by atoms with Crippen LogP contribution in [0.4, 0.5) is 11.5 Å². The van der Waals surface area contributed by atoms with Crippen LogP contribution in [0.25, 0.3) is 11.0 Å². The molecule has 0 bridgehead atoms. The monoisotopic (exact) mass is 372 g/mol. The van der Waals surface area contributed by atoms with Gasteiger partial charge in [0.25, 0.3) is 10.0 Å². The van der Waals surface area contributed by atoms with Crippen LogP contribution < -0.4 is 14.9 Å². The second-order valence-electron chi connectivity index (χ2n) is 6.32. The van der Waals surface area contributed by atoms with Crippen LogP contribution >= 0.6 is 0 Å². The molecule has 4 rings (SSSR count). The number of fused-ring (bicyclic) bond motifs is 1. The molecule has 8 heteroatoms. The molecule has 3 aromatic rings. The Morgan fingerprint density at radius 1 is 1.15 bits per heavy atom. The number of pyridine rings is 1. The number of anilines is 2. The molecule has 136 valence electrons. The zero-order chi connectivity index (χ0) is 18.1. The standard InChI is InChI=1S/C18H20N4O3S/c1-13-2-4-14(5-3-13)21-26(23,24)17-12-15-16(25-17)6-7-20-18(15)22-10-8-19-9-11-22/h2-7,12,19,21H,8-11H2,1H3. The number of piperazine rings is 1. The number of nitrogens with one attached hydrogen (secondary N) is 2. The van der Waals surface area contributed by atoms with Crippen molar-refractivity contribution >= 4 is 32.5 Å². The summed E-state index contributed by atoms with van der Waals surface area (Å²) in [5, 5.41) is 3.89. The molecule has 3 heterocycles. The normalized spacial score (nSPS) is 15.3. The van der Waals surface area contributed by atoms with Crippen molar-refractivity contribution in [2.45, 2.75) is 12.0 Å². The highest BCUT2D eigenvalue weighted by molar-refractivity contribution is 7.92. The van der Waals surface area contributed by atoms with Crippen molar-refractivity contribution < 1.29 is 12.8 Å². The lowest BCUT2D eigenvalue weighted by Gasteiger charge is -2.28. The van der Waals surface area contributed by atoms with Gasteiger partial charge in [0, 0.05) is 44.1 Å². The van der Waals surface area contributed by atoms with Gasteiger partial charge < -0.3 is 14.6 Å². The van der Waals surface area contributed by atoms with Crippen molar-refractivity contribution in [2.75, 3.05) is 35.8 Å². The number of rotatable bonds is 4. The molecule has 7 nitrogen and oxygen atoms in total. The molecule has 0 radical (unpaired) electrons. The van der Waals surface area contributed by atoms with Crippen molar-refractivity contribution in [1.29, 1.82) is 0 Å². The summed E-state index contributed by atoms with van der Waals surface area (Å²) in [5.41, 5.74) is 2.07. The molecule has 1 fully saturated rings. The van der Waals surface area contributed by atoms with E-state index in [0.717, 1.165) is 37.6 Å². The zero-order valence-electron chi connectivity index (χ0n) is 14.4. The Morgan fingerprint density at radius 3 is 2.62 bits per heavy atom. The number of hydrogen-bond acceptors (Lipinski definition) is 6. The third-order valence-electron chi connectivity index (χ3n) is 4.39. The Kier molecular flexibility index (Phi) is 4.29. The summed E-state index contributed by atoms with van der Waals surface area (Å²) in [5.74, 6) is 0.754. The Hall–Kier alpha value is -2.58. The predicted octanol–water partition coefficient (Wildman–Crippen LogP) is 2.35. The van der Waals surface area contributed by atoms with Crippen molar-refractivity contribution in [3.05, 3.63) is 48.2 Å². The predicted molar refractivity (Wildman–Crippen MR) is 101 cm³/mol. The lowest BCUT2D eigenvalue weighted by molar-refractivity contribution is 0.484. The van der Waals surface area contributed by atoms with Gasteiger partial charge in [-0.05, 0) is 25.1 Å². The maximum absolute atomic E-state index is 12.7. The summed E-state index contributed by atoms with van der Waals surface area (Å²) in [4.78, 5) is 6.58. The Bertz CT molecular complexity index is 1020. The van der Waals surface area contributed by atoms with Crippen LogP contribution in [-0.4, -0.2) is 39.6 Å². The minimum atomic E-state index is -3.81. The van der Waals surface area contributed by atoms with E-state index in [9.17, 15) is 8.42 Å². The molecular formula is C18H20N4O3S. The second-order valence-corrected chi connectivity index (χ2v) is 7.93. The van der Waals surface area contributed by atoms with Crippen LogP contribution in [0.3, 0.4) is 0 Å². The quantitative estimate of drug-likeness (QED) is 0.731. The van der Waals surface area contributed by atoms with E-state index in [-0.39, 0.29) is 5.09 Å². The fourth-order valence-electron chi connectivity index (χ4n) is 3.01. The minimum Gasteiger partial charge on any atom is -0.443 e. The van der Waals surface area contributed by atoms with Crippen LogP contribution in [0.5, 0.6) is 0 Å². The number of nitrogens with zero attached hydrogens (tertiary/aromatic N) is 2. The Balaban J connectivity index is 1.69. The smallest absolute Gasteiger partial charge is 0.295 e. The zero-order valence-corrected chi connectivity index (χ0v) is 15.2. The highest BCUT2D eigenvalue weighted by Gasteiger charge is 2.23. The number of aryl methyl sites for hydroxylation is 1. The van der Waals surface area contributed by atoms with E-state index in [1.54, 1.807) is 30.5 Å². The highest BCUT2D eigenvalue weighted by atomic mass is 32.2. The first-order valence-corrected chi connectivity index (χ1v) is 9.95. The molecule has 1 aromatic carbocycles. The third-order valence-corrected chi connectivity index (χ3v) is 5.62. The van der Waals surface area contributed by atoms with Gasteiger partial charge in [-0.3, -0.25) is 4.72 Å². The molecule has 0 unspecified atom stereocenters. The van der Waals surface area contributed by atoms with E-state index in [1.165, 1.54) is 0 Å². The van der Waals surface area contributed by atoms with Gasteiger partial charge in [0.15, 0.2) is 0 Å². The van der Waals surface area contributed by atoms with Gasteiger partial charge in [0.05, 0.1) is 5.39 Å². The average molecular weight is 372 g/mol. The van der Waals surface area contributed by atoms with Gasteiger partial charge in [-0.1, -0.05) is 17.7 Å². The Morgan fingerprint density at radius 2 is 1.88 bits per heavy atom. The number of hydrogen-bond donors (Lipinski definition) is 2. The van der Waals surface area contributed by atoms with Gasteiger partial charge in [0.1, 0.15) is 11.4 Å². The molecule has 0 aliphatic carbocycles.